The van der Waals surface area contributed by atoms with Crippen LogP contribution in [0, 0.1) is 6.92 Å². The fraction of sp³-hybridized carbons (Fsp3) is 0.471. The van der Waals surface area contributed by atoms with Crippen molar-refractivity contribution in [3.63, 3.8) is 0 Å². The Hall–Kier alpha value is -2.41. The standard InChI is InChI=1S/C17H22N2O5/c1-12-2-4-13(5-3-12)6-7-15(20)18-10-16(21)19-8-9-24-11-14(19)17(22)23/h2-5,14H,6-11H2,1H3,(H,18,20)(H,22,23). The highest BCUT2D eigenvalue weighted by Crippen LogP contribution is 2.08. The van der Waals surface area contributed by atoms with Gasteiger partial charge in [-0.2, -0.15) is 0 Å². The number of amides is 2. The molecule has 0 radical (unpaired) electrons. The molecule has 2 N–H and O–H groups in total. The predicted octanol–water partition coefficient (Wildman–Crippen LogP) is 0.356. The molecule has 1 aromatic rings. The summed E-state index contributed by atoms with van der Waals surface area (Å²) in [5, 5.41) is 11.7. The van der Waals surface area contributed by atoms with E-state index in [1.165, 1.54) is 4.90 Å². The monoisotopic (exact) mass is 334 g/mol. The van der Waals surface area contributed by atoms with Crippen LogP contribution in [0.25, 0.3) is 0 Å². The normalized spacial score (nSPS) is 17.4. The Morgan fingerprint density at radius 2 is 2.00 bits per heavy atom. The van der Waals surface area contributed by atoms with Crippen LogP contribution in [0.4, 0.5) is 0 Å². The molecule has 1 aromatic carbocycles. The Balaban J connectivity index is 1.77. The van der Waals surface area contributed by atoms with Crippen molar-refractivity contribution in [3.05, 3.63) is 35.4 Å². The van der Waals surface area contributed by atoms with E-state index in [-0.39, 0.29) is 32.0 Å². The minimum absolute atomic E-state index is 0.0254. The molecule has 2 rings (SSSR count). The molecule has 24 heavy (non-hydrogen) atoms. The zero-order valence-corrected chi connectivity index (χ0v) is 13.7. The molecule has 1 unspecified atom stereocenters. The van der Waals surface area contributed by atoms with E-state index >= 15 is 0 Å². The van der Waals surface area contributed by atoms with Crippen molar-refractivity contribution in [2.24, 2.45) is 0 Å². The molecule has 0 bridgehead atoms. The number of carbonyl (C=O) groups is 3. The summed E-state index contributed by atoms with van der Waals surface area (Å²) in [6.45, 7) is 2.29. The summed E-state index contributed by atoms with van der Waals surface area (Å²) in [5.41, 5.74) is 2.22. The van der Waals surface area contributed by atoms with E-state index in [0.717, 1.165) is 11.1 Å². The van der Waals surface area contributed by atoms with Crippen LogP contribution in [0.3, 0.4) is 0 Å². The van der Waals surface area contributed by atoms with Crippen molar-refractivity contribution in [3.8, 4) is 0 Å². The van der Waals surface area contributed by atoms with E-state index in [2.05, 4.69) is 5.32 Å². The number of rotatable bonds is 6. The van der Waals surface area contributed by atoms with Crippen LogP contribution in [0.5, 0.6) is 0 Å². The minimum atomic E-state index is -1.10. The number of benzene rings is 1. The summed E-state index contributed by atoms with van der Waals surface area (Å²) in [7, 11) is 0. The first kappa shape index (κ1) is 17.9. The third-order valence-corrected chi connectivity index (χ3v) is 3.93. The Morgan fingerprint density at radius 3 is 2.67 bits per heavy atom. The fourth-order valence-corrected chi connectivity index (χ4v) is 2.48. The van der Waals surface area contributed by atoms with Crippen LogP contribution in [-0.2, 0) is 25.5 Å². The second kappa shape index (κ2) is 8.44. The molecule has 2 amide bonds. The molecule has 0 spiro atoms. The van der Waals surface area contributed by atoms with Gasteiger partial charge in [-0.1, -0.05) is 29.8 Å². The van der Waals surface area contributed by atoms with Crippen LogP contribution >= 0.6 is 0 Å². The summed E-state index contributed by atoms with van der Waals surface area (Å²) in [4.78, 5) is 36.4. The van der Waals surface area contributed by atoms with Gasteiger partial charge in [-0.15, -0.1) is 0 Å². The molecule has 1 atom stereocenters. The van der Waals surface area contributed by atoms with Gasteiger partial charge in [0, 0.05) is 13.0 Å². The van der Waals surface area contributed by atoms with E-state index < -0.39 is 17.9 Å². The second-order valence-corrected chi connectivity index (χ2v) is 5.78. The molecule has 130 valence electrons. The van der Waals surface area contributed by atoms with Crippen LogP contribution in [-0.4, -0.2) is 60.1 Å². The smallest absolute Gasteiger partial charge is 0.328 e. The van der Waals surface area contributed by atoms with Gasteiger partial charge in [-0.3, -0.25) is 9.59 Å². The maximum Gasteiger partial charge on any atom is 0.328 e. The van der Waals surface area contributed by atoms with E-state index in [4.69, 9.17) is 9.84 Å². The van der Waals surface area contributed by atoms with Crippen molar-refractivity contribution in [1.82, 2.24) is 10.2 Å². The topological polar surface area (TPSA) is 95.9 Å². The number of carbonyl (C=O) groups excluding carboxylic acids is 2. The number of aryl methyl sites for hydroxylation is 2. The summed E-state index contributed by atoms with van der Waals surface area (Å²) in [6.07, 6.45) is 0.872. The molecule has 1 saturated heterocycles. The van der Waals surface area contributed by atoms with E-state index in [1.807, 2.05) is 31.2 Å². The van der Waals surface area contributed by atoms with Gasteiger partial charge in [0.25, 0.3) is 0 Å². The third kappa shape index (κ3) is 5.06. The zero-order chi connectivity index (χ0) is 17.5. The summed E-state index contributed by atoms with van der Waals surface area (Å²) in [5.74, 6) is -1.74. The molecule has 7 heteroatoms. The van der Waals surface area contributed by atoms with Gasteiger partial charge in [0.2, 0.25) is 11.8 Å². The van der Waals surface area contributed by atoms with Gasteiger partial charge in [0.1, 0.15) is 0 Å². The molecule has 0 aliphatic carbocycles. The minimum Gasteiger partial charge on any atom is -0.480 e. The molecule has 1 heterocycles. The quantitative estimate of drug-likeness (QED) is 0.783. The number of nitrogens with zero attached hydrogens (tertiary/aromatic N) is 1. The van der Waals surface area contributed by atoms with E-state index in [0.29, 0.717) is 13.0 Å². The highest BCUT2D eigenvalue weighted by atomic mass is 16.5. The van der Waals surface area contributed by atoms with E-state index in [1.54, 1.807) is 0 Å². The summed E-state index contributed by atoms with van der Waals surface area (Å²) in [6, 6.07) is 6.93. The lowest BCUT2D eigenvalue weighted by Crippen LogP contribution is -2.54. The lowest BCUT2D eigenvalue weighted by Gasteiger charge is -2.32. The number of nitrogens with one attached hydrogen (secondary N) is 1. The fourth-order valence-electron chi connectivity index (χ4n) is 2.48. The second-order valence-electron chi connectivity index (χ2n) is 5.78. The first-order valence-corrected chi connectivity index (χ1v) is 7.89. The van der Waals surface area contributed by atoms with Gasteiger partial charge in [-0.05, 0) is 18.9 Å². The van der Waals surface area contributed by atoms with Crippen molar-refractivity contribution < 1.29 is 24.2 Å². The van der Waals surface area contributed by atoms with E-state index in [9.17, 15) is 14.4 Å². The lowest BCUT2D eigenvalue weighted by molar-refractivity contribution is -0.158. The number of aliphatic carboxylic acids is 1. The first-order chi connectivity index (χ1) is 11.5. The maximum absolute atomic E-state index is 12.1. The Bertz CT molecular complexity index is 600. The molecule has 1 aliphatic rings. The Labute approximate surface area is 140 Å². The molecule has 1 aliphatic heterocycles. The molecular formula is C17H22N2O5. The molecular weight excluding hydrogens is 312 g/mol. The molecule has 1 fully saturated rings. The van der Waals surface area contributed by atoms with Crippen LogP contribution in [0.1, 0.15) is 17.5 Å². The number of hydrogen-bond acceptors (Lipinski definition) is 4. The molecule has 7 nitrogen and oxygen atoms in total. The lowest BCUT2D eigenvalue weighted by atomic mass is 10.1. The van der Waals surface area contributed by atoms with Crippen molar-refractivity contribution in [1.29, 1.82) is 0 Å². The average molecular weight is 334 g/mol. The van der Waals surface area contributed by atoms with Crippen LogP contribution in [0.2, 0.25) is 0 Å². The number of carboxylic acids is 1. The predicted molar refractivity (Wildman–Crippen MR) is 86.5 cm³/mol. The van der Waals surface area contributed by atoms with Gasteiger partial charge < -0.3 is 20.1 Å². The van der Waals surface area contributed by atoms with Gasteiger partial charge >= 0.3 is 5.97 Å². The van der Waals surface area contributed by atoms with Crippen molar-refractivity contribution >= 4 is 17.8 Å². The maximum atomic E-state index is 12.1. The van der Waals surface area contributed by atoms with Crippen molar-refractivity contribution in [2.45, 2.75) is 25.8 Å². The van der Waals surface area contributed by atoms with Crippen molar-refractivity contribution in [2.75, 3.05) is 26.3 Å². The summed E-state index contributed by atoms with van der Waals surface area (Å²) >= 11 is 0. The Kier molecular flexibility index (Phi) is 6.31. The average Bonchev–Trinajstić information content (AvgIpc) is 2.59. The van der Waals surface area contributed by atoms with Crippen LogP contribution in [0.15, 0.2) is 24.3 Å². The highest BCUT2D eigenvalue weighted by Gasteiger charge is 2.32. The molecule has 0 aromatic heterocycles. The largest absolute Gasteiger partial charge is 0.480 e. The SMILES string of the molecule is Cc1ccc(CCC(=O)NCC(=O)N2CCOCC2C(=O)O)cc1. The Morgan fingerprint density at radius 1 is 1.29 bits per heavy atom. The number of carboxylic acid groups (broad SMARTS) is 1. The molecule has 0 saturated carbocycles. The summed E-state index contributed by atoms with van der Waals surface area (Å²) < 4.78 is 5.08. The third-order valence-electron chi connectivity index (χ3n) is 3.93. The van der Waals surface area contributed by atoms with Gasteiger partial charge in [0.15, 0.2) is 6.04 Å². The van der Waals surface area contributed by atoms with Crippen LogP contribution < -0.4 is 5.32 Å². The zero-order valence-electron chi connectivity index (χ0n) is 13.7. The number of ether oxygens (including phenoxy) is 1. The number of morpholine rings is 1. The first-order valence-electron chi connectivity index (χ1n) is 7.89. The number of hydrogen-bond donors (Lipinski definition) is 2. The van der Waals surface area contributed by atoms with Gasteiger partial charge in [-0.25, -0.2) is 4.79 Å². The van der Waals surface area contributed by atoms with Gasteiger partial charge in [0.05, 0.1) is 19.8 Å². The highest BCUT2D eigenvalue weighted by molar-refractivity contribution is 5.88.